The number of nitriles is 1. The van der Waals surface area contributed by atoms with E-state index in [2.05, 4.69) is 11.0 Å². The molecule has 0 amide bonds. The molecule has 130 valence electrons. The topological polar surface area (TPSA) is 61.6 Å². The maximum atomic E-state index is 9.41. The number of hydrogen-bond acceptors (Lipinski definition) is 6. The zero-order valence-corrected chi connectivity index (χ0v) is 14.6. The van der Waals surface area contributed by atoms with Gasteiger partial charge < -0.3 is 19.3 Å². The van der Waals surface area contributed by atoms with Crippen LogP contribution in [0.25, 0.3) is 0 Å². The Morgan fingerprint density at radius 2 is 1.71 bits per heavy atom. The van der Waals surface area contributed by atoms with Crippen molar-refractivity contribution >= 4 is 11.6 Å². The molecule has 3 heterocycles. The monoisotopic (exact) mass is 330 g/mol. The number of nitrogens with zero attached hydrogens (tertiary/aromatic N) is 4. The first-order valence-corrected chi connectivity index (χ1v) is 8.74. The van der Waals surface area contributed by atoms with E-state index in [0.29, 0.717) is 5.56 Å². The summed E-state index contributed by atoms with van der Waals surface area (Å²) in [4.78, 5) is 8.90. The van der Waals surface area contributed by atoms with E-state index in [1.54, 1.807) is 0 Å². The fourth-order valence-corrected chi connectivity index (χ4v) is 3.40. The Labute approximate surface area is 144 Å². The van der Waals surface area contributed by atoms with E-state index in [0.717, 1.165) is 63.6 Å². The molecule has 2 atom stereocenters. The van der Waals surface area contributed by atoms with Crippen molar-refractivity contribution in [3.8, 4) is 6.07 Å². The molecule has 0 aromatic carbocycles. The second kappa shape index (κ2) is 7.82. The summed E-state index contributed by atoms with van der Waals surface area (Å²) in [6.07, 6.45) is 4.93. The van der Waals surface area contributed by atoms with E-state index in [4.69, 9.17) is 14.5 Å². The van der Waals surface area contributed by atoms with Crippen LogP contribution in [-0.4, -0.2) is 57.6 Å². The Morgan fingerprint density at radius 1 is 1.08 bits per heavy atom. The molecule has 3 rings (SSSR count). The van der Waals surface area contributed by atoms with Gasteiger partial charge in [0, 0.05) is 40.4 Å². The molecule has 1 aromatic rings. The van der Waals surface area contributed by atoms with Crippen LogP contribution >= 0.6 is 0 Å². The van der Waals surface area contributed by atoms with Gasteiger partial charge in [0.1, 0.15) is 17.7 Å². The molecule has 0 radical (unpaired) electrons. The summed E-state index contributed by atoms with van der Waals surface area (Å²) >= 11 is 0. The maximum Gasteiger partial charge on any atom is 0.148 e. The molecule has 2 saturated heterocycles. The zero-order chi connectivity index (χ0) is 16.9. The lowest BCUT2D eigenvalue weighted by Gasteiger charge is -2.26. The predicted octanol–water partition coefficient (Wildman–Crippen LogP) is 2.18. The summed E-state index contributed by atoms with van der Waals surface area (Å²) in [6, 6.07) is 6.02. The van der Waals surface area contributed by atoms with Gasteiger partial charge in [-0.2, -0.15) is 5.26 Å². The highest BCUT2D eigenvalue weighted by molar-refractivity contribution is 5.58. The predicted molar refractivity (Wildman–Crippen MR) is 93.4 cm³/mol. The van der Waals surface area contributed by atoms with Crippen molar-refractivity contribution in [2.75, 3.05) is 50.2 Å². The first-order chi connectivity index (χ1) is 11.7. The normalized spacial score (nSPS) is 23.2. The van der Waals surface area contributed by atoms with Crippen molar-refractivity contribution in [1.82, 2.24) is 4.98 Å². The summed E-state index contributed by atoms with van der Waals surface area (Å²) in [6.45, 7) is 3.28. The second-order valence-corrected chi connectivity index (χ2v) is 6.68. The van der Waals surface area contributed by atoms with Gasteiger partial charge in [-0.1, -0.05) is 0 Å². The average Bonchev–Trinajstić information content (AvgIpc) is 3.28. The molecule has 0 N–H and O–H groups in total. The van der Waals surface area contributed by atoms with Crippen LogP contribution in [-0.2, 0) is 9.47 Å². The van der Waals surface area contributed by atoms with Crippen molar-refractivity contribution in [2.45, 2.75) is 37.9 Å². The molecule has 0 bridgehead atoms. The van der Waals surface area contributed by atoms with Crippen LogP contribution in [0.5, 0.6) is 0 Å². The van der Waals surface area contributed by atoms with E-state index in [1.165, 1.54) is 0 Å². The fourth-order valence-electron chi connectivity index (χ4n) is 3.40. The van der Waals surface area contributed by atoms with Crippen molar-refractivity contribution in [1.29, 1.82) is 5.26 Å². The Bertz CT molecular complexity index is 589. The van der Waals surface area contributed by atoms with Crippen molar-refractivity contribution in [3.63, 3.8) is 0 Å². The Hall–Kier alpha value is -1.84. The van der Waals surface area contributed by atoms with Crippen molar-refractivity contribution in [3.05, 3.63) is 17.7 Å². The van der Waals surface area contributed by atoms with Gasteiger partial charge in [0.05, 0.1) is 17.8 Å². The minimum atomic E-state index is 0.233. The molecule has 6 nitrogen and oxygen atoms in total. The second-order valence-electron chi connectivity index (χ2n) is 6.68. The number of hydrogen-bond donors (Lipinski definition) is 0. The molecule has 0 saturated carbocycles. The number of likely N-dealkylation sites (N-methyl/N-ethyl adjacent to an activating group) is 2. The number of anilines is 2. The van der Waals surface area contributed by atoms with E-state index in [1.807, 2.05) is 31.1 Å². The highest BCUT2D eigenvalue weighted by Crippen LogP contribution is 2.24. The van der Waals surface area contributed by atoms with Crippen LogP contribution in [0.2, 0.25) is 0 Å². The van der Waals surface area contributed by atoms with Crippen molar-refractivity contribution < 1.29 is 9.47 Å². The van der Waals surface area contributed by atoms with Gasteiger partial charge in [-0.3, -0.25) is 0 Å². The van der Waals surface area contributed by atoms with Crippen LogP contribution in [0.15, 0.2) is 12.1 Å². The van der Waals surface area contributed by atoms with Gasteiger partial charge in [0.2, 0.25) is 0 Å². The first-order valence-electron chi connectivity index (χ1n) is 8.74. The summed E-state index contributed by atoms with van der Waals surface area (Å²) in [5.74, 6) is 1.60. The lowest BCUT2D eigenvalue weighted by atomic mass is 10.2. The van der Waals surface area contributed by atoms with E-state index in [-0.39, 0.29) is 12.2 Å². The van der Waals surface area contributed by atoms with Gasteiger partial charge in [0.25, 0.3) is 0 Å². The SMILES string of the molecule is CN(CC1CCCO1)c1ccc(C#N)c(N(C)CC2CCCO2)n1. The van der Waals surface area contributed by atoms with Crippen LogP contribution in [0.3, 0.4) is 0 Å². The minimum Gasteiger partial charge on any atom is -0.376 e. The van der Waals surface area contributed by atoms with E-state index < -0.39 is 0 Å². The average molecular weight is 330 g/mol. The summed E-state index contributed by atoms with van der Waals surface area (Å²) in [5, 5.41) is 9.41. The van der Waals surface area contributed by atoms with Crippen LogP contribution in [0.1, 0.15) is 31.2 Å². The number of aromatic nitrogens is 1. The van der Waals surface area contributed by atoms with E-state index in [9.17, 15) is 5.26 Å². The zero-order valence-electron chi connectivity index (χ0n) is 14.6. The van der Waals surface area contributed by atoms with Crippen LogP contribution < -0.4 is 9.80 Å². The molecule has 2 aliphatic rings. The molecular weight excluding hydrogens is 304 g/mol. The molecular formula is C18H26N4O2. The largest absolute Gasteiger partial charge is 0.376 e. The third kappa shape index (κ3) is 3.97. The van der Waals surface area contributed by atoms with Gasteiger partial charge >= 0.3 is 0 Å². The van der Waals surface area contributed by atoms with Gasteiger partial charge in [-0.05, 0) is 37.8 Å². The minimum absolute atomic E-state index is 0.233. The van der Waals surface area contributed by atoms with Gasteiger partial charge in [-0.15, -0.1) is 0 Å². The quantitative estimate of drug-likeness (QED) is 0.797. The highest BCUT2D eigenvalue weighted by Gasteiger charge is 2.22. The molecule has 2 fully saturated rings. The molecule has 0 spiro atoms. The number of pyridine rings is 1. The molecule has 24 heavy (non-hydrogen) atoms. The van der Waals surface area contributed by atoms with Crippen LogP contribution in [0, 0.1) is 11.3 Å². The highest BCUT2D eigenvalue weighted by atomic mass is 16.5. The molecule has 1 aromatic heterocycles. The lowest BCUT2D eigenvalue weighted by Crippen LogP contribution is -2.32. The standard InChI is InChI=1S/C18H26N4O2/c1-21(12-15-5-3-9-23-15)17-8-7-14(11-19)18(20-17)22(2)13-16-6-4-10-24-16/h7-8,15-16H,3-6,9-10,12-13H2,1-2H3. The summed E-state index contributed by atoms with van der Waals surface area (Å²) in [5.41, 5.74) is 0.602. The first kappa shape index (κ1) is 17.0. The van der Waals surface area contributed by atoms with Crippen molar-refractivity contribution in [2.24, 2.45) is 0 Å². The smallest absolute Gasteiger partial charge is 0.148 e. The summed E-state index contributed by atoms with van der Waals surface area (Å²) in [7, 11) is 4.01. The van der Waals surface area contributed by atoms with Gasteiger partial charge in [0.15, 0.2) is 0 Å². The maximum absolute atomic E-state index is 9.41. The van der Waals surface area contributed by atoms with Crippen LogP contribution in [0.4, 0.5) is 11.6 Å². The number of rotatable bonds is 6. The Balaban J connectivity index is 1.72. The third-order valence-electron chi connectivity index (χ3n) is 4.74. The fraction of sp³-hybridized carbons (Fsp3) is 0.667. The van der Waals surface area contributed by atoms with E-state index >= 15 is 0 Å². The van der Waals surface area contributed by atoms with Gasteiger partial charge in [-0.25, -0.2) is 4.98 Å². The summed E-state index contributed by atoms with van der Waals surface area (Å²) < 4.78 is 11.4. The third-order valence-corrected chi connectivity index (χ3v) is 4.74. The molecule has 2 aliphatic heterocycles. The molecule has 6 heteroatoms. The molecule has 2 unspecified atom stereocenters. The number of ether oxygens (including phenoxy) is 2. The molecule has 0 aliphatic carbocycles. The Kier molecular flexibility index (Phi) is 5.54. The lowest BCUT2D eigenvalue weighted by molar-refractivity contribution is 0.116. The Morgan fingerprint density at radius 3 is 2.25 bits per heavy atom.